The first-order chi connectivity index (χ1) is 9.29. The number of anilines is 1. The van der Waals surface area contributed by atoms with E-state index in [1.165, 1.54) is 5.69 Å². The van der Waals surface area contributed by atoms with Crippen LogP contribution < -0.4 is 10.2 Å². The molecule has 19 heavy (non-hydrogen) atoms. The molecule has 104 valence electrons. The van der Waals surface area contributed by atoms with Gasteiger partial charge in [-0.15, -0.1) is 0 Å². The van der Waals surface area contributed by atoms with Gasteiger partial charge in [0.05, 0.1) is 13.2 Å². The molecule has 0 unspecified atom stereocenters. The molecule has 1 saturated heterocycles. The third-order valence-corrected chi connectivity index (χ3v) is 3.29. The summed E-state index contributed by atoms with van der Waals surface area (Å²) in [6.07, 6.45) is 0. The second-order valence-electron chi connectivity index (χ2n) is 4.67. The number of hydrogen-bond acceptors (Lipinski definition) is 4. The summed E-state index contributed by atoms with van der Waals surface area (Å²) < 4.78 is 0. The molecule has 1 aromatic rings. The van der Waals surface area contributed by atoms with Gasteiger partial charge in [-0.3, -0.25) is 9.69 Å². The number of benzene rings is 1. The predicted molar refractivity (Wildman–Crippen MR) is 75.2 cm³/mol. The maximum atomic E-state index is 11.5. The van der Waals surface area contributed by atoms with Gasteiger partial charge in [0.1, 0.15) is 0 Å². The van der Waals surface area contributed by atoms with Gasteiger partial charge in [0, 0.05) is 38.4 Å². The molecule has 0 aliphatic carbocycles. The standard InChI is InChI=1S/C14H21N3O2/c18-11-6-15-14(19)12-16-7-9-17(10-8-16)13-4-2-1-3-5-13/h1-5,18H,6-12H2,(H,15,19). The van der Waals surface area contributed by atoms with E-state index in [0.717, 1.165) is 26.2 Å². The van der Waals surface area contributed by atoms with Crippen LogP contribution in [0.5, 0.6) is 0 Å². The SMILES string of the molecule is O=C(CN1CCN(c2ccccc2)CC1)NCCO. The van der Waals surface area contributed by atoms with Crippen molar-refractivity contribution in [2.24, 2.45) is 0 Å². The fourth-order valence-corrected chi connectivity index (χ4v) is 2.26. The van der Waals surface area contributed by atoms with Crippen LogP contribution in [0.25, 0.3) is 0 Å². The number of aliphatic hydroxyl groups excluding tert-OH is 1. The number of aliphatic hydroxyl groups is 1. The second-order valence-corrected chi connectivity index (χ2v) is 4.67. The van der Waals surface area contributed by atoms with Crippen LogP contribution in [-0.4, -0.2) is 61.8 Å². The lowest BCUT2D eigenvalue weighted by Gasteiger charge is -2.35. The molecule has 5 nitrogen and oxygen atoms in total. The Kier molecular flexibility index (Phi) is 5.18. The first-order valence-corrected chi connectivity index (χ1v) is 6.69. The molecule has 0 aromatic heterocycles. The van der Waals surface area contributed by atoms with Crippen molar-refractivity contribution in [1.29, 1.82) is 0 Å². The fourth-order valence-electron chi connectivity index (χ4n) is 2.26. The first-order valence-electron chi connectivity index (χ1n) is 6.69. The van der Waals surface area contributed by atoms with E-state index in [9.17, 15) is 4.79 Å². The lowest BCUT2D eigenvalue weighted by molar-refractivity contribution is -0.122. The molecule has 0 atom stereocenters. The highest BCUT2D eigenvalue weighted by molar-refractivity contribution is 5.78. The Morgan fingerprint density at radius 2 is 1.84 bits per heavy atom. The minimum atomic E-state index is -0.0118. The molecule has 0 radical (unpaired) electrons. The normalized spacial score (nSPS) is 16.4. The Hall–Kier alpha value is -1.59. The van der Waals surface area contributed by atoms with Crippen molar-refractivity contribution in [3.8, 4) is 0 Å². The van der Waals surface area contributed by atoms with Crippen molar-refractivity contribution in [2.45, 2.75) is 0 Å². The number of piperazine rings is 1. The predicted octanol–water partition coefficient (Wildman–Crippen LogP) is -0.0829. The number of carbonyl (C=O) groups excluding carboxylic acids is 1. The third-order valence-electron chi connectivity index (χ3n) is 3.29. The molecule has 1 fully saturated rings. The quantitative estimate of drug-likeness (QED) is 0.780. The Balaban J connectivity index is 1.75. The van der Waals surface area contributed by atoms with Crippen molar-refractivity contribution in [3.63, 3.8) is 0 Å². The third kappa shape index (κ3) is 4.22. The Morgan fingerprint density at radius 1 is 1.16 bits per heavy atom. The Labute approximate surface area is 113 Å². The van der Waals surface area contributed by atoms with Gasteiger partial charge in [-0.25, -0.2) is 0 Å². The maximum absolute atomic E-state index is 11.5. The average molecular weight is 263 g/mol. The smallest absolute Gasteiger partial charge is 0.234 e. The molecule has 2 rings (SSSR count). The lowest BCUT2D eigenvalue weighted by Crippen LogP contribution is -2.49. The first kappa shape index (κ1) is 13.8. The highest BCUT2D eigenvalue weighted by atomic mass is 16.3. The van der Waals surface area contributed by atoms with Crippen LogP contribution in [0.4, 0.5) is 5.69 Å². The van der Waals surface area contributed by atoms with Crippen molar-refractivity contribution in [2.75, 3.05) is 50.8 Å². The van der Waals surface area contributed by atoms with E-state index >= 15 is 0 Å². The summed E-state index contributed by atoms with van der Waals surface area (Å²) >= 11 is 0. The van der Waals surface area contributed by atoms with Crippen LogP contribution in [0.2, 0.25) is 0 Å². The maximum Gasteiger partial charge on any atom is 0.234 e. The molecule has 0 saturated carbocycles. The highest BCUT2D eigenvalue weighted by Crippen LogP contribution is 2.15. The average Bonchev–Trinajstić information content (AvgIpc) is 2.47. The molecule has 1 aliphatic heterocycles. The zero-order valence-electron chi connectivity index (χ0n) is 11.1. The van der Waals surface area contributed by atoms with Gasteiger partial charge >= 0.3 is 0 Å². The number of rotatable bonds is 5. The zero-order chi connectivity index (χ0) is 13.5. The van der Waals surface area contributed by atoms with Gasteiger partial charge in [-0.05, 0) is 12.1 Å². The van der Waals surface area contributed by atoms with E-state index in [4.69, 9.17) is 5.11 Å². The zero-order valence-corrected chi connectivity index (χ0v) is 11.1. The minimum Gasteiger partial charge on any atom is -0.395 e. The Bertz CT molecular complexity index is 389. The summed E-state index contributed by atoms with van der Waals surface area (Å²) in [4.78, 5) is 16.0. The van der Waals surface area contributed by atoms with Gasteiger partial charge in [0.2, 0.25) is 5.91 Å². The molecule has 2 N–H and O–H groups in total. The van der Waals surface area contributed by atoms with Gasteiger partial charge in [0.15, 0.2) is 0 Å². The molecular formula is C14H21N3O2. The molecular weight excluding hydrogens is 242 g/mol. The van der Waals surface area contributed by atoms with Crippen molar-refractivity contribution in [1.82, 2.24) is 10.2 Å². The monoisotopic (exact) mass is 263 g/mol. The minimum absolute atomic E-state index is 0.00642. The molecule has 1 amide bonds. The van der Waals surface area contributed by atoms with Crippen LogP contribution in [-0.2, 0) is 4.79 Å². The lowest BCUT2D eigenvalue weighted by atomic mass is 10.2. The molecule has 1 aliphatic rings. The fraction of sp³-hybridized carbons (Fsp3) is 0.500. The topological polar surface area (TPSA) is 55.8 Å². The molecule has 1 aromatic carbocycles. The number of hydrogen-bond donors (Lipinski definition) is 2. The van der Waals surface area contributed by atoms with Gasteiger partial charge in [-0.1, -0.05) is 18.2 Å². The van der Waals surface area contributed by atoms with Crippen LogP contribution in [0.3, 0.4) is 0 Å². The van der Waals surface area contributed by atoms with E-state index in [1.807, 2.05) is 18.2 Å². The van der Waals surface area contributed by atoms with E-state index in [2.05, 4.69) is 27.2 Å². The van der Waals surface area contributed by atoms with Gasteiger partial charge in [0.25, 0.3) is 0 Å². The summed E-state index contributed by atoms with van der Waals surface area (Å²) in [5.74, 6) is -0.0118. The van der Waals surface area contributed by atoms with E-state index < -0.39 is 0 Å². The summed E-state index contributed by atoms with van der Waals surface area (Å²) in [5, 5.41) is 11.3. The number of amides is 1. The van der Waals surface area contributed by atoms with Crippen LogP contribution in [0, 0.1) is 0 Å². The molecule has 1 heterocycles. The second kappa shape index (κ2) is 7.11. The summed E-state index contributed by atoms with van der Waals surface area (Å²) in [7, 11) is 0. The number of nitrogens with one attached hydrogen (secondary N) is 1. The summed E-state index contributed by atoms with van der Waals surface area (Å²) in [6.45, 7) is 4.41. The van der Waals surface area contributed by atoms with E-state index in [1.54, 1.807) is 0 Å². The van der Waals surface area contributed by atoms with Gasteiger partial charge in [-0.2, -0.15) is 0 Å². The van der Waals surface area contributed by atoms with Crippen LogP contribution in [0.1, 0.15) is 0 Å². The molecule has 5 heteroatoms. The highest BCUT2D eigenvalue weighted by Gasteiger charge is 2.18. The van der Waals surface area contributed by atoms with Crippen LogP contribution in [0.15, 0.2) is 30.3 Å². The number of nitrogens with zero attached hydrogens (tertiary/aromatic N) is 2. The van der Waals surface area contributed by atoms with Gasteiger partial charge < -0.3 is 15.3 Å². The summed E-state index contributed by atoms with van der Waals surface area (Å²) in [5.41, 5.74) is 1.24. The van der Waals surface area contributed by atoms with E-state index in [0.29, 0.717) is 13.1 Å². The van der Waals surface area contributed by atoms with Crippen molar-refractivity contribution < 1.29 is 9.90 Å². The van der Waals surface area contributed by atoms with E-state index in [-0.39, 0.29) is 12.5 Å². The summed E-state index contributed by atoms with van der Waals surface area (Å²) in [6, 6.07) is 10.3. The molecule has 0 spiro atoms. The Morgan fingerprint density at radius 3 is 2.47 bits per heavy atom. The number of para-hydroxylation sites is 1. The van der Waals surface area contributed by atoms with Crippen molar-refractivity contribution >= 4 is 11.6 Å². The van der Waals surface area contributed by atoms with Crippen LogP contribution >= 0.6 is 0 Å². The molecule has 0 bridgehead atoms. The number of carbonyl (C=O) groups is 1. The van der Waals surface area contributed by atoms with Crippen molar-refractivity contribution in [3.05, 3.63) is 30.3 Å². The largest absolute Gasteiger partial charge is 0.395 e.